The lowest BCUT2D eigenvalue weighted by atomic mass is 9.88. The fourth-order valence-electron chi connectivity index (χ4n) is 5.36. The van der Waals surface area contributed by atoms with Gasteiger partial charge in [0.1, 0.15) is 11.6 Å². The second-order valence-corrected chi connectivity index (χ2v) is 10.5. The van der Waals surface area contributed by atoms with Crippen LogP contribution in [0.1, 0.15) is 61.9 Å². The number of carbonyl (C=O) groups excluding carboxylic acids is 1. The summed E-state index contributed by atoms with van der Waals surface area (Å²) >= 11 is 0. The molecule has 1 aromatic heterocycles. The number of anilines is 1. The van der Waals surface area contributed by atoms with E-state index in [4.69, 9.17) is 14.5 Å². The quantitative estimate of drug-likeness (QED) is 0.159. The Morgan fingerprint density at radius 3 is 2.63 bits per heavy atom. The van der Waals surface area contributed by atoms with Crippen LogP contribution in [0.5, 0.6) is 11.5 Å². The molecule has 1 N–H and O–H groups in total. The highest BCUT2D eigenvalue weighted by Crippen LogP contribution is 2.34. The predicted octanol–water partition coefficient (Wildman–Crippen LogP) is 6.61. The summed E-state index contributed by atoms with van der Waals surface area (Å²) in [4.78, 5) is 31.1. The molecule has 5 rings (SSSR count). The minimum absolute atomic E-state index is 0.162. The first-order chi connectivity index (χ1) is 21.0. The highest BCUT2D eigenvalue weighted by molar-refractivity contribution is 5.92. The summed E-state index contributed by atoms with van der Waals surface area (Å²) in [6.45, 7) is 5.81. The molecule has 4 aromatic rings. The van der Waals surface area contributed by atoms with Crippen LogP contribution < -0.4 is 20.3 Å². The second-order valence-electron chi connectivity index (χ2n) is 10.5. The van der Waals surface area contributed by atoms with Crippen molar-refractivity contribution >= 4 is 28.7 Å². The summed E-state index contributed by atoms with van der Waals surface area (Å²) in [6, 6.07) is 16.5. The number of benzene rings is 3. The van der Waals surface area contributed by atoms with Gasteiger partial charge in [0.15, 0.2) is 18.1 Å². The Kier molecular flexibility index (Phi) is 9.61. The maximum atomic E-state index is 13.6. The molecular formula is C34H35FN4O4. The fraction of sp³-hybridized carbons (Fsp3) is 0.294. The highest BCUT2D eigenvalue weighted by atomic mass is 19.1. The van der Waals surface area contributed by atoms with E-state index in [1.54, 1.807) is 24.4 Å². The summed E-state index contributed by atoms with van der Waals surface area (Å²) in [5.41, 5.74) is 2.37. The Bertz CT molecular complexity index is 1690. The monoisotopic (exact) mass is 582 g/mol. The van der Waals surface area contributed by atoms with Crippen molar-refractivity contribution in [3.63, 3.8) is 0 Å². The number of hydrogen-bond donors (Lipinski definition) is 1. The molecule has 0 bridgehead atoms. The molecule has 0 saturated heterocycles. The van der Waals surface area contributed by atoms with E-state index in [0.29, 0.717) is 52.5 Å². The average molecular weight is 583 g/mol. The largest absolute Gasteiger partial charge is 0.490 e. The van der Waals surface area contributed by atoms with Crippen molar-refractivity contribution in [1.82, 2.24) is 9.66 Å². The Morgan fingerprint density at radius 2 is 1.88 bits per heavy atom. The van der Waals surface area contributed by atoms with Gasteiger partial charge in [-0.3, -0.25) is 9.59 Å². The minimum Gasteiger partial charge on any atom is -0.490 e. The second kappa shape index (κ2) is 13.9. The number of amides is 1. The molecule has 0 aliphatic heterocycles. The van der Waals surface area contributed by atoms with Crippen LogP contribution in [-0.2, 0) is 11.2 Å². The van der Waals surface area contributed by atoms with Gasteiger partial charge in [-0.25, -0.2) is 9.37 Å². The molecule has 8 nitrogen and oxygen atoms in total. The van der Waals surface area contributed by atoms with E-state index < -0.39 is 5.91 Å². The maximum absolute atomic E-state index is 13.6. The number of nitrogens with zero attached hydrogens (tertiary/aromatic N) is 3. The summed E-state index contributed by atoms with van der Waals surface area (Å²) in [7, 11) is 0. The number of halogens is 1. The van der Waals surface area contributed by atoms with Crippen LogP contribution in [0, 0.1) is 5.82 Å². The van der Waals surface area contributed by atoms with Crippen LogP contribution in [0.25, 0.3) is 10.9 Å². The molecule has 1 aliphatic rings. The number of allylic oxidation sites excluding steroid dienone is 1. The van der Waals surface area contributed by atoms with Gasteiger partial charge in [-0.15, -0.1) is 6.58 Å². The van der Waals surface area contributed by atoms with Crippen molar-refractivity contribution in [3.05, 3.63) is 106 Å². The lowest BCUT2D eigenvalue weighted by molar-refractivity contribution is -0.118. The zero-order valence-corrected chi connectivity index (χ0v) is 24.2. The zero-order chi connectivity index (χ0) is 30.2. The zero-order valence-electron chi connectivity index (χ0n) is 24.2. The smallest absolute Gasteiger partial charge is 0.282 e. The molecule has 43 heavy (non-hydrogen) atoms. The topological polar surface area (TPSA) is 94.8 Å². The van der Waals surface area contributed by atoms with Crippen molar-refractivity contribution < 1.29 is 18.7 Å². The highest BCUT2D eigenvalue weighted by Gasteiger charge is 2.22. The molecule has 1 fully saturated rings. The van der Waals surface area contributed by atoms with E-state index in [0.717, 1.165) is 31.2 Å². The lowest BCUT2D eigenvalue weighted by Gasteiger charge is -2.22. The van der Waals surface area contributed by atoms with Gasteiger partial charge in [-0.05, 0) is 80.3 Å². The third-order valence-electron chi connectivity index (χ3n) is 7.37. The van der Waals surface area contributed by atoms with Crippen LogP contribution in [0.2, 0.25) is 0 Å². The van der Waals surface area contributed by atoms with E-state index in [2.05, 4.69) is 17.0 Å². The number of rotatable bonds is 11. The Balaban J connectivity index is 1.46. The fourth-order valence-corrected chi connectivity index (χ4v) is 5.36. The van der Waals surface area contributed by atoms with E-state index >= 15 is 0 Å². The number of hydrogen-bond acceptors (Lipinski definition) is 6. The van der Waals surface area contributed by atoms with Crippen molar-refractivity contribution in [2.75, 3.05) is 18.5 Å². The van der Waals surface area contributed by atoms with Crippen LogP contribution in [0.4, 0.5) is 10.1 Å². The van der Waals surface area contributed by atoms with Gasteiger partial charge >= 0.3 is 0 Å². The van der Waals surface area contributed by atoms with E-state index in [1.165, 1.54) is 35.4 Å². The summed E-state index contributed by atoms with van der Waals surface area (Å²) in [5, 5.41) is 7.87. The van der Waals surface area contributed by atoms with Gasteiger partial charge < -0.3 is 14.8 Å². The van der Waals surface area contributed by atoms with Gasteiger partial charge in [0, 0.05) is 17.2 Å². The number of ether oxygens (including phenoxy) is 2. The van der Waals surface area contributed by atoms with Crippen LogP contribution in [0.3, 0.4) is 0 Å². The molecule has 1 aliphatic carbocycles. The minimum atomic E-state index is -0.400. The number of para-hydroxylation sites is 1. The summed E-state index contributed by atoms with van der Waals surface area (Å²) in [6.07, 6.45) is 9.14. The molecule has 1 heterocycles. The van der Waals surface area contributed by atoms with Gasteiger partial charge in [0.05, 0.1) is 23.7 Å². The van der Waals surface area contributed by atoms with Gasteiger partial charge in [0.2, 0.25) is 0 Å². The van der Waals surface area contributed by atoms with Gasteiger partial charge in [-0.1, -0.05) is 37.5 Å². The molecule has 0 spiro atoms. The molecule has 222 valence electrons. The number of fused-ring (bicyclic) bond motifs is 1. The average Bonchev–Trinajstić information content (AvgIpc) is 3.02. The van der Waals surface area contributed by atoms with Gasteiger partial charge in [0.25, 0.3) is 11.5 Å². The van der Waals surface area contributed by atoms with E-state index in [9.17, 15) is 14.0 Å². The first-order valence-electron chi connectivity index (χ1n) is 14.6. The molecule has 3 aromatic carbocycles. The number of nitrogens with one attached hydrogen (secondary N) is 1. The Morgan fingerprint density at radius 1 is 1.12 bits per heavy atom. The molecular weight excluding hydrogens is 547 g/mol. The maximum Gasteiger partial charge on any atom is 0.282 e. The SMILES string of the molecule is C=CCc1cc(C=Nn2c(C3CCCCC3)nc3ccccc3c2=O)cc(OCC)c1OCC(=O)Nc1ccc(F)cc1. The molecule has 0 atom stereocenters. The Labute approximate surface area is 249 Å². The summed E-state index contributed by atoms with van der Waals surface area (Å²) in [5.74, 6) is 0.913. The standard InChI is InChI=1S/C34H35FN4O4/c1-3-10-25-19-23(20-30(42-4-2)32(25)43-22-31(40)37-27-17-15-26(35)16-18-27)21-36-39-33(24-11-6-5-7-12-24)38-29-14-9-8-13-28(29)34(39)41/h3,8-9,13-21,24H,1,4-7,10-12,22H2,2H3,(H,37,40). The number of aromatic nitrogens is 2. The van der Waals surface area contributed by atoms with Crippen molar-refractivity contribution in [2.45, 2.75) is 51.4 Å². The normalized spacial score (nSPS) is 13.7. The van der Waals surface area contributed by atoms with Crippen LogP contribution >= 0.6 is 0 Å². The molecule has 9 heteroatoms. The third-order valence-corrected chi connectivity index (χ3v) is 7.37. The van der Waals surface area contributed by atoms with E-state index in [-0.39, 0.29) is 23.9 Å². The molecule has 1 saturated carbocycles. The van der Waals surface area contributed by atoms with Crippen LogP contribution in [0.15, 0.2) is 83.2 Å². The van der Waals surface area contributed by atoms with Crippen LogP contribution in [-0.4, -0.2) is 35.0 Å². The number of carbonyl (C=O) groups is 1. The molecule has 0 unspecified atom stereocenters. The Hall–Kier alpha value is -4.79. The van der Waals surface area contributed by atoms with E-state index in [1.807, 2.05) is 31.2 Å². The molecule has 1 amide bonds. The third kappa shape index (κ3) is 7.17. The van der Waals surface area contributed by atoms with Crippen molar-refractivity contribution in [1.29, 1.82) is 0 Å². The lowest BCUT2D eigenvalue weighted by Crippen LogP contribution is -2.25. The first-order valence-corrected chi connectivity index (χ1v) is 14.6. The summed E-state index contributed by atoms with van der Waals surface area (Å²) < 4.78 is 26.5. The van der Waals surface area contributed by atoms with Crippen molar-refractivity contribution in [2.24, 2.45) is 5.10 Å². The first kappa shape index (κ1) is 29.7. The van der Waals surface area contributed by atoms with Crippen molar-refractivity contribution in [3.8, 4) is 11.5 Å². The predicted molar refractivity (Wildman–Crippen MR) is 167 cm³/mol. The molecule has 0 radical (unpaired) electrons. The van der Waals surface area contributed by atoms with Gasteiger partial charge in [-0.2, -0.15) is 9.78 Å².